The Balaban J connectivity index is 1.52. The maximum atomic E-state index is 6.02. The van der Waals surface area contributed by atoms with E-state index in [2.05, 4.69) is 11.4 Å². The zero-order valence-corrected chi connectivity index (χ0v) is 11.6. The van der Waals surface area contributed by atoms with Gasteiger partial charge in [-0.25, -0.2) is 0 Å². The van der Waals surface area contributed by atoms with Gasteiger partial charge in [0.1, 0.15) is 11.3 Å². The lowest BCUT2D eigenvalue weighted by Gasteiger charge is -2.35. The van der Waals surface area contributed by atoms with Crippen molar-refractivity contribution in [3.05, 3.63) is 35.0 Å². The molecule has 3 heteroatoms. The maximum Gasteiger partial charge on any atom is 0.134 e. The minimum absolute atomic E-state index is 0.595. The molecule has 4 rings (SSSR count). The molecule has 1 aromatic carbocycles. The van der Waals surface area contributed by atoms with Gasteiger partial charge in [0.15, 0.2) is 0 Å². The quantitative estimate of drug-likeness (QED) is 0.898. The Bertz CT molecular complexity index is 602. The van der Waals surface area contributed by atoms with E-state index in [0.29, 0.717) is 5.92 Å². The van der Waals surface area contributed by atoms with E-state index in [-0.39, 0.29) is 0 Å². The number of fused-ring (bicyclic) bond motifs is 1. The Labute approximate surface area is 118 Å². The van der Waals surface area contributed by atoms with Gasteiger partial charge in [0.25, 0.3) is 0 Å². The number of benzene rings is 1. The first kappa shape index (κ1) is 11.8. The predicted molar refractivity (Wildman–Crippen MR) is 77.7 cm³/mol. The lowest BCUT2D eigenvalue weighted by Crippen LogP contribution is -2.34. The molecular weight excluding hydrogens is 258 g/mol. The molecule has 1 N–H and O–H groups in total. The van der Waals surface area contributed by atoms with Crippen LogP contribution in [0.5, 0.6) is 0 Å². The topological polar surface area (TPSA) is 25.2 Å². The van der Waals surface area contributed by atoms with E-state index in [1.165, 1.54) is 25.7 Å². The number of halogens is 1. The van der Waals surface area contributed by atoms with Crippen LogP contribution in [0, 0.1) is 5.92 Å². The molecule has 2 aliphatic rings. The highest BCUT2D eigenvalue weighted by molar-refractivity contribution is 6.31. The summed E-state index contributed by atoms with van der Waals surface area (Å²) in [6.45, 7) is 1.15. The second-order valence-corrected chi connectivity index (χ2v) is 6.39. The van der Waals surface area contributed by atoms with Crippen LogP contribution in [0.2, 0.25) is 5.02 Å². The van der Waals surface area contributed by atoms with Crippen molar-refractivity contribution in [1.82, 2.24) is 5.32 Å². The minimum atomic E-state index is 0.595. The summed E-state index contributed by atoms with van der Waals surface area (Å²) in [7, 11) is 0. The van der Waals surface area contributed by atoms with Gasteiger partial charge in [-0.2, -0.15) is 0 Å². The fourth-order valence-electron chi connectivity index (χ4n) is 3.01. The fraction of sp³-hybridized carbons (Fsp3) is 0.500. The van der Waals surface area contributed by atoms with Crippen LogP contribution in [0.1, 0.15) is 37.4 Å². The van der Waals surface area contributed by atoms with Gasteiger partial charge in [-0.15, -0.1) is 0 Å². The predicted octanol–water partition coefficient (Wildman–Crippen LogP) is 4.33. The van der Waals surface area contributed by atoms with Gasteiger partial charge in [-0.3, -0.25) is 0 Å². The van der Waals surface area contributed by atoms with Gasteiger partial charge in [-0.05, 0) is 62.4 Å². The molecule has 2 saturated carbocycles. The molecule has 0 radical (unpaired) electrons. The van der Waals surface area contributed by atoms with Crippen LogP contribution in [0.25, 0.3) is 11.0 Å². The molecule has 0 amide bonds. The van der Waals surface area contributed by atoms with Gasteiger partial charge >= 0.3 is 0 Å². The normalized spacial score (nSPS) is 26.6. The summed E-state index contributed by atoms with van der Waals surface area (Å²) in [5, 5.41) is 5.54. The molecule has 2 unspecified atom stereocenters. The third kappa shape index (κ3) is 2.28. The summed E-state index contributed by atoms with van der Waals surface area (Å²) in [4.78, 5) is 0. The average Bonchev–Trinajstić information content (AvgIpc) is 3.08. The van der Waals surface area contributed by atoms with E-state index in [0.717, 1.165) is 40.3 Å². The molecule has 0 saturated heterocycles. The summed E-state index contributed by atoms with van der Waals surface area (Å²) in [5.74, 6) is 2.49. The van der Waals surface area contributed by atoms with E-state index < -0.39 is 0 Å². The van der Waals surface area contributed by atoms with Crippen LogP contribution in [0.4, 0.5) is 0 Å². The van der Waals surface area contributed by atoms with Crippen LogP contribution in [-0.2, 0) is 0 Å². The molecule has 2 nitrogen and oxygen atoms in total. The Morgan fingerprint density at radius 3 is 2.79 bits per heavy atom. The van der Waals surface area contributed by atoms with Crippen molar-refractivity contribution in [2.24, 2.45) is 5.92 Å². The standard InChI is InChI=1S/C16H18ClNO/c17-12-2-6-15-11(7-12)8-16(19-15)14-5-1-10(14)9-18-13-3-4-13/h2,6-8,10,13-14,18H,1,3-5,9H2. The third-order valence-electron chi connectivity index (χ3n) is 4.53. The summed E-state index contributed by atoms with van der Waals surface area (Å²) in [6, 6.07) is 8.83. The van der Waals surface area contributed by atoms with Gasteiger partial charge < -0.3 is 9.73 Å². The van der Waals surface area contributed by atoms with E-state index in [9.17, 15) is 0 Å². The fourth-order valence-corrected chi connectivity index (χ4v) is 3.19. The highest BCUT2D eigenvalue weighted by Crippen LogP contribution is 2.44. The van der Waals surface area contributed by atoms with Crippen molar-refractivity contribution in [3.63, 3.8) is 0 Å². The first-order chi connectivity index (χ1) is 9.29. The van der Waals surface area contributed by atoms with Crippen molar-refractivity contribution in [2.45, 2.75) is 37.6 Å². The molecule has 1 aromatic heterocycles. The molecular formula is C16H18ClNO. The molecule has 0 spiro atoms. The Morgan fingerprint density at radius 2 is 2.05 bits per heavy atom. The van der Waals surface area contributed by atoms with Crippen molar-refractivity contribution < 1.29 is 4.42 Å². The summed E-state index contributed by atoms with van der Waals surface area (Å²) in [6.07, 6.45) is 5.30. The Morgan fingerprint density at radius 1 is 1.16 bits per heavy atom. The van der Waals surface area contributed by atoms with Crippen LogP contribution in [-0.4, -0.2) is 12.6 Å². The zero-order valence-electron chi connectivity index (χ0n) is 10.9. The largest absolute Gasteiger partial charge is 0.461 e. The van der Waals surface area contributed by atoms with Crippen LogP contribution < -0.4 is 5.32 Å². The SMILES string of the molecule is Clc1ccc2oc(C3CCC3CNC3CC3)cc2c1. The Kier molecular flexibility index (Phi) is 2.82. The maximum absolute atomic E-state index is 6.02. The van der Waals surface area contributed by atoms with E-state index >= 15 is 0 Å². The van der Waals surface area contributed by atoms with Crippen molar-refractivity contribution in [3.8, 4) is 0 Å². The van der Waals surface area contributed by atoms with Crippen molar-refractivity contribution in [1.29, 1.82) is 0 Å². The number of furan rings is 1. The van der Waals surface area contributed by atoms with Crippen LogP contribution in [0.15, 0.2) is 28.7 Å². The van der Waals surface area contributed by atoms with Gasteiger partial charge in [-0.1, -0.05) is 11.6 Å². The van der Waals surface area contributed by atoms with Crippen molar-refractivity contribution in [2.75, 3.05) is 6.54 Å². The second kappa shape index (κ2) is 4.53. The molecule has 100 valence electrons. The van der Waals surface area contributed by atoms with Gasteiger partial charge in [0.05, 0.1) is 0 Å². The van der Waals surface area contributed by atoms with Gasteiger partial charge in [0, 0.05) is 22.4 Å². The summed E-state index contributed by atoms with van der Waals surface area (Å²) >= 11 is 6.02. The van der Waals surface area contributed by atoms with Crippen molar-refractivity contribution >= 4 is 22.6 Å². The lowest BCUT2D eigenvalue weighted by molar-refractivity contribution is 0.218. The monoisotopic (exact) mass is 275 g/mol. The minimum Gasteiger partial charge on any atom is -0.461 e. The molecule has 2 aliphatic carbocycles. The number of nitrogens with one attached hydrogen (secondary N) is 1. The molecule has 2 aromatic rings. The number of hydrogen-bond donors (Lipinski definition) is 1. The smallest absolute Gasteiger partial charge is 0.134 e. The average molecular weight is 276 g/mol. The lowest BCUT2D eigenvalue weighted by atomic mass is 9.72. The summed E-state index contributed by atoms with van der Waals surface area (Å²) in [5.41, 5.74) is 0.959. The highest BCUT2D eigenvalue weighted by atomic mass is 35.5. The number of rotatable bonds is 4. The molecule has 0 aliphatic heterocycles. The zero-order chi connectivity index (χ0) is 12.8. The Hall–Kier alpha value is -0.990. The molecule has 2 atom stereocenters. The highest BCUT2D eigenvalue weighted by Gasteiger charge is 2.35. The van der Waals surface area contributed by atoms with E-state index in [1.807, 2.05) is 18.2 Å². The number of hydrogen-bond acceptors (Lipinski definition) is 2. The molecule has 2 fully saturated rings. The molecule has 1 heterocycles. The van der Waals surface area contributed by atoms with Gasteiger partial charge in [0.2, 0.25) is 0 Å². The second-order valence-electron chi connectivity index (χ2n) is 5.96. The summed E-state index contributed by atoms with van der Waals surface area (Å²) < 4.78 is 5.99. The van der Waals surface area contributed by atoms with Crippen LogP contribution >= 0.6 is 11.6 Å². The third-order valence-corrected chi connectivity index (χ3v) is 4.76. The first-order valence-corrected chi connectivity index (χ1v) is 7.60. The molecule has 19 heavy (non-hydrogen) atoms. The van der Waals surface area contributed by atoms with E-state index in [4.69, 9.17) is 16.0 Å². The van der Waals surface area contributed by atoms with Crippen LogP contribution in [0.3, 0.4) is 0 Å². The molecule has 0 bridgehead atoms. The first-order valence-electron chi connectivity index (χ1n) is 7.22. The van der Waals surface area contributed by atoms with E-state index in [1.54, 1.807) is 0 Å².